The van der Waals surface area contributed by atoms with E-state index in [1.165, 1.54) is 18.3 Å². The molecular weight excluding hydrogens is 206 g/mol. The van der Waals surface area contributed by atoms with Crippen LogP contribution in [-0.2, 0) is 0 Å². The summed E-state index contributed by atoms with van der Waals surface area (Å²) in [5, 5.41) is 0. The summed E-state index contributed by atoms with van der Waals surface area (Å²) in [6.45, 7) is 3.82. The van der Waals surface area contributed by atoms with E-state index in [0.29, 0.717) is 11.3 Å². The Morgan fingerprint density at radius 1 is 1.38 bits per heavy atom. The van der Waals surface area contributed by atoms with Crippen molar-refractivity contribution in [2.75, 3.05) is 7.05 Å². The van der Waals surface area contributed by atoms with Crippen LogP contribution in [0.3, 0.4) is 0 Å². The molecule has 5 heteroatoms. The number of pyridine rings is 1. The molecule has 86 valence electrons. The molecule has 0 bridgehead atoms. The molecule has 0 atom stereocenters. The Kier molecular flexibility index (Phi) is 3.60. The summed E-state index contributed by atoms with van der Waals surface area (Å²) in [6, 6.07) is 3.10. The van der Waals surface area contributed by atoms with Crippen LogP contribution in [0, 0.1) is 0 Å². The van der Waals surface area contributed by atoms with E-state index in [1.807, 2.05) is 13.8 Å². The Labute approximate surface area is 94.3 Å². The highest BCUT2D eigenvalue weighted by molar-refractivity contribution is 5.95. The van der Waals surface area contributed by atoms with Crippen LogP contribution in [-0.4, -0.2) is 34.8 Å². The minimum absolute atomic E-state index is 0.102. The third kappa shape index (κ3) is 2.56. The number of amides is 2. The molecular formula is C11H15N3O2. The molecule has 2 amide bonds. The zero-order chi connectivity index (χ0) is 12.3. The molecule has 1 rings (SSSR count). The molecule has 0 radical (unpaired) electrons. The fourth-order valence-corrected chi connectivity index (χ4v) is 1.08. The van der Waals surface area contributed by atoms with E-state index < -0.39 is 5.91 Å². The number of aromatic nitrogens is 1. The Balaban J connectivity index is 2.90. The second-order valence-electron chi connectivity index (χ2n) is 3.81. The molecule has 0 fully saturated rings. The van der Waals surface area contributed by atoms with Gasteiger partial charge in [-0.25, -0.2) is 0 Å². The molecule has 0 aliphatic heterocycles. The molecule has 0 saturated heterocycles. The van der Waals surface area contributed by atoms with Gasteiger partial charge in [0.1, 0.15) is 5.69 Å². The summed E-state index contributed by atoms with van der Waals surface area (Å²) < 4.78 is 0. The van der Waals surface area contributed by atoms with Crippen molar-refractivity contribution in [2.45, 2.75) is 19.9 Å². The minimum Gasteiger partial charge on any atom is -0.366 e. The Bertz CT molecular complexity index is 398. The van der Waals surface area contributed by atoms with Crippen LogP contribution in [0.1, 0.15) is 34.7 Å². The number of nitrogens with zero attached hydrogens (tertiary/aromatic N) is 2. The fraction of sp³-hybridized carbons (Fsp3) is 0.364. The molecule has 0 spiro atoms. The normalized spacial score (nSPS) is 10.2. The zero-order valence-corrected chi connectivity index (χ0v) is 9.60. The van der Waals surface area contributed by atoms with E-state index in [4.69, 9.17) is 5.73 Å². The van der Waals surface area contributed by atoms with E-state index in [9.17, 15) is 9.59 Å². The third-order valence-corrected chi connectivity index (χ3v) is 2.36. The maximum atomic E-state index is 11.8. The molecule has 16 heavy (non-hydrogen) atoms. The van der Waals surface area contributed by atoms with Crippen LogP contribution in [0.15, 0.2) is 18.3 Å². The van der Waals surface area contributed by atoms with Gasteiger partial charge in [0.2, 0.25) is 5.91 Å². The van der Waals surface area contributed by atoms with E-state index in [1.54, 1.807) is 11.9 Å². The lowest BCUT2D eigenvalue weighted by molar-refractivity contribution is 0.0748. The van der Waals surface area contributed by atoms with Crippen LogP contribution in [0.5, 0.6) is 0 Å². The van der Waals surface area contributed by atoms with Crippen LogP contribution >= 0.6 is 0 Å². The molecule has 0 aliphatic rings. The van der Waals surface area contributed by atoms with Crippen LogP contribution < -0.4 is 5.73 Å². The minimum atomic E-state index is -0.552. The highest BCUT2D eigenvalue weighted by Crippen LogP contribution is 2.05. The first kappa shape index (κ1) is 12.2. The van der Waals surface area contributed by atoms with Crippen molar-refractivity contribution in [1.29, 1.82) is 0 Å². The standard InChI is InChI=1S/C11H15N3O2/c1-7(2)14(3)11(16)9-5-4-8(6-13-9)10(12)15/h4-7H,1-3H3,(H2,12,15). The largest absolute Gasteiger partial charge is 0.366 e. The average Bonchev–Trinajstić information content (AvgIpc) is 2.27. The topological polar surface area (TPSA) is 76.3 Å². The monoisotopic (exact) mass is 221 g/mol. The van der Waals surface area contributed by atoms with Crippen molar-refractivity contribution >= 4 is 11.8 Å². The molecule has 2 N–H and O–H groups in total. The molecule has 1 aromatic rings. The van der Waals surface area contributed by atoms with Gasteiger partial charge >= 0.3 is 0 Å². The number of carbonyl (C=O) groups is 2. The van der Waals surface area contributed by atoms with Crippen molar-refractivity contribution < 1.29 is 9.59 Å². The fourth-order valence-electron chi connectivity index (χ4n) is 1.08. The highest BCUT2D eigenvalue weighted by atomic mass is 16.2. The van der Waals surface area contributed by atoms with Gasteiger partial charge in [0, 0.05) is 19.3 Å². The van der Waals surface area contributed by atoms with Gasteiger partial charge in [-0.2, -0.15) is 0 Å². The SMILES string of the molecule is CC(C)N(C)C(=O)c1ccc(C(N)=O)cn1. The number of carbonyl (C=O) groups excluding carboxylic acids is 2. The molecule has 1 aromatic heterocycles. The number of primary amides is 1. The highest BCUT2D eigenvalue weighted by Gasteiger charge is 2.15. The number of hydrogen-bond donors (Lipinski definition) is 1. The smallest absolute Gasteiger partial charge is 0.272 e. The summed E-state index contributed by atoms with van der Waals surface area (Å²) in [5.74, 6) is -0.727. The van der Waals surface area contributed by atoms with Crippen molar-refractivity contribution in [3.05, 3.63) is 29.6 Å². The van der Waals surface area contributed by atoms with Crippen LogP contribution in [0.25, 0.3) is 0 Å². The van der Waals surface area contributed by atoms with Gasteiger partial charge in [0.15, 0.2) is 0 Å². The predicted octanol–water partition coefficient (Wildman–Crippen LogP) is 0.661. The Hall–Kier alpha value is -1.91. The van der Waals surface area contributed by atoms with E-state index in [-0.39, 0.29) is 11.9 Å². The van der Waals surface area contributed by atoms with Gasteiger partial charge in [-0.05, 0) is 26.0 Å². The van der Waals surface area contributed by atoms with Gasteiger partial charge in [0.25, 0.3) is 5.91 Å². The summed E-state index contributed by atoms with van der Waals surface area (Å²) >= 11 is 0. The molecule has 0 aliphatic carbocycles. The first-order valence-electron chi connectivity index (χ1n) is 4.96. The molecule has 0 aromatic carbocycles. The predicted molar refractivity (Wildman–Crippen MR) is 60.0 cm³/mol. The summed E-state index contributed by atoms with van der Waals surface area (Å²) in [6.07, 6.45) is 1.31. The van der Waals surface area contributed by atoms with Gasteiger partial charge < -0.3 is 10.6 Å². The van der Waals surface area contributed by atoms with Gasteiger partial charge in [-0.3, -0.25) is 14.6 Å². The van der Waals surface area contributed by atoms with Crippen molar-refractivity contribution in [1.82, 2.24) is 9.88 Å². The summed E-state index contributed by atoms with van der Waals surface area (Å²) in [4.78, 5) is 28.1. The molecule has 0 saturated carbocycles. The quantitative estimate of drug-likeness (QED) is 0.814. The third-order valence-electron chi connectivity index (χ3n) is 2.36. The first-order valence-corrected chi connectivity index (χ1v) is 4.96. The van der Waals surface area contributed by atoms with Crippen molar-refractivity contribution in [3.8, 4) is 0 Å². The first-order chi connectivity index (χ1) is 7.43. The van der Waals surface area contributed by atoms with Crippen LogP contribution in [0.2, 0.25) is 0 Å². The summed E-state index contributed by atoms with van der Waals surface area (Å²) in [5.41, 5.74) is 5.68. The average molecular weight is 221 g/mol. The van der Waals surface area contributed by atoms with E-state index in [2.05, 4.69) is 4.98 Å². The maximum Gasteiger partial charge on any atom is 0.272 e. The second-order valence-corrected chi connectivity index (χ2v) is 3.81. The van der Waals surface area contributed by atoms with Gasteiger partial charge in [-0.15, -0.1) is 0 Å². The van der Waals surface area contributed by atoms with Crippen molar-refractivity contribution in [2.24, 2.45) is 5.73 Å². The van der Waals surface area contributed by atoms with Crippen LogP contribution in [0.4, 0.5) is 0 Å². The van der Waals surface area contributed by atoms with E-state index in [0.717, 1.165) is 0 Å². The number of rotatable bonds is 3. The van der Waals surface area contributed by atoms with Crippen molar-refractivity contribution in [3.63, 3.8) is 0 Å². The molecule has 5 nitrogen and oxygen atoms in total. The number of nitrogens with two attached hydrogens (primary N) is 1. The second kappa shape index (κ2) is 4.74. The number of hydrogen-bond acceptors (Lipinski definition) is 3. The lowest BCUT2D eigenvalue weighted by atomic mass is 10.2. The summed E-state index contributed by atoms with van der Waals surface area (Å²) in [7, 11) is 1.71. The van der Waals surface area contributed by atoms with Gasteiger partial charge in [-0.1, -0.05) is 0 Å². The lowest BCUT2D eigenvalue weighted by Gasteiger charge is -2.20. The van der Waals surface area contributed by atoms with E-state index >= 15 is 0 Å². The Morgan fingerprint density at radius 3 is 2.38 bits per heavy atom. The maximum absolute atomic E-state index is 11.8. The molecule has 0 unspecified atom stereocenters. The molecule has 1 heterocycles. The van der Waals surface area contributed by atoms with Gasteiger partial charge in [0.05, 0.1) is 5.56 Å². The zero-order valence-electron chi connectivity index (χ0n) is 9.60. The lowest BCUT2D eigenvalue weighted by Crippen LogP contribution is -2.33. The Morgan fingerprint density at radius 2 is 2.00 bits per heavy atom.